The van der Waals surface area contributed by atoms with Gasteiger partial charge >= 0.3 is 8.80 Å². The van der Waals surface area contributed by atoms with Crippen LogP contribution in [0.3, 0.4) is 0 Å². The van der Waals surface area contributed by atoms with E-state index in [4.69, 9.17) is 13.3 Å². The van der Waals surface area contributed by atoms with E-state index in [9.17, 15) is 0 Å². The van der Waals surface area contributed by atoms with E-state index in [1.807, 2.05) is 0 Å². The van der Waals surface area contributed by atoms with Crippen LogP contribution < -0.4 is 0 Å². The number of unbranched alkanes of at least 4 members (excludes halogenated alkanes) is 15. The van der Waals surface area contributed by atoms with Gasteiger partial charge in [0.15, 0.2) is 0 Å². The minimum absolute atomic E-state index is 0.239. The Morgan fingerprint density at radius 1 is 0.516 bits per heavy atom. The Morgan fingerprint density at radius 2 is 0.903 bits per heavy atom. The summed E-state index contributed by atoms with van der Waals surface area (Å²) < 4.78 is 18.9. The second kappa shape index (κ2) is 23.3. The minimum atomic E-state index is -2.53. The SMILES string of the molecule is CCCCCCCCCCCCCC(C)O[Si](CCCCCCCC)(OCC)OCC. The second-order valence-corrected chi connectivity index (χ2v) is 12.0. The molecule has 0 radical (unpaired) electrons. The molecule has 0 heterocycles. The van der Waals surface area contributed by atoms with Crippen LogP contribution in [0.5, 0.6) is 0 Å². The molecule has 0 saturated heterocycles. The molecule has 0 amide bonds. The molecule has 1 atom stereocenters. The van der Waals surface area contributed by atoms with Gasteiger partial charge in [0, 0.05) is 25.4 Å². The van der Waals surface area contributed by atoms with Crippen molar-refractivity contribution in [2.45, 2.75) is 162 Å². The predicted molar refractivity (Wildman–Crippen MR) is 139 cm³/mol. The maximum Gasteiger partial charge on any atom is 0.501 e. The molecule has 0 N–H and O–H groups in total. The zero-order valence-electron chi connectivity index (χ0n) is 22.2. The molecular formula is C27H58O3Si. The summed E-state index contributed by atoms with van der Waals surface area (Å²) in [6.07, 6.45) is 24.4. The molecule has 0 aromatic carbocycles. The largest absolute Gasteiger partial charge is 0.501 e. The highest BCUT2D eigenvalue weighted by molar-refractivity contribution is 6.60. The van der Waals surface area contributed by atoms with Crippen molar-refractivity contribution in [2.75, 3.05) is 13.2 Å². The van der Waals surface area contributed by atoms with Crippen LogP contribution in [0.15, 0.2) is 0 Å². The zero-order valence-corrected chi connectivity index (χ0v) is 23.2. The molecular weight excluding hydrogens is 400 g/mol. The van der Waals surface area contributed by atoms with Crippen LogP contribution in [-0.2, 0) is 13.3 Å². The monoisotopic (exact) mass is 458 g/mol. The van der Waals surface area contributed by atoms with E-state index in [0.29, 0.717) is 13.2 Å². The lowest BCUT2D eigenvalue weighted by atomic mass is 10.0. The average molecular weight is 459 g/mol. The van der Waals surface area contributed by atoms with Gasteiger partial charge in [-0.15, -0.1) is 0 Å². The molecule has 0 spiro atoms. The first-order chi connectivity index (χ1) is 15.1. The van der Waals surface area contributed by atoms with Crippen molar-refractivity contribution in [3.05, 3.63) is 0 Å². The Bertz CT molecular complexity index is 345. The molecule has 4 heteroatoms. The van der Waals surface area contributed by atoms with E-state index in [1.54, 1.807) is 0 Å². The minimum Gasteiger partial charge on any atom is -0.374 e. The van der Waals surface area contributed by atoms with Crippen molar-refractivity contribution in [3.63, 3.8) is 0 Å². The summed E-state index contributed by atoms with van der Waals surface area (Å²) in [7, 11) is -2.53. The normalized spacial score (nSPS) is 13.1. The number of hydrogen-bond donors (Lipinski definition) is 0. The van der Waals surface area contributed by atoms with Gasteiger partial charge in [-0.1, -0.05) is 117 Å². The van der Waals surface area contributed by atoms with E-state index in [0.717, 1.165) is 12.5 Å². The Hall–Kier alpha value is 0.0969. The van der Waals surface area contributed by atoms with E-state index >= 15 is 0 Å². The van der Waals surface area contributed by atoms with Gasteiger partial charge in [-0.25, -0.2) is 0 Å². The average Bonchev–Trinajstić information content (AvgIpc) is 2.75. The number of rotatable bonds is 25. The smallest absolute Gasteiger partial charge is 0.374 e. The number of hydrogen-bond acceptors (Lipinski definition) is 3. The third-order valence-corrected chi connectivity index (χ3v) is 9.34. The first-order valence-corrected chi connectivity index (χ1v) is 16.0. The molecule has 0 aliphatic carbocycles. The maximum absolute atomic E-state index is 6.53. The van der Waals surface area contributed by atoms with E-state index in [2.05, 4.69) is 34.6 Å². The summed E-state index contributed by atoms with van der Waals surface area (Å²) in [5, 5.41) is 0. The van der Waals surface area contributed by atoms with Crippen LogP contribution in [0.1, 0.15) is 150 Å². The highest BCUT2D eigenvalue weighted by Crippen LogP contribution is 2.24. The van der Waals surface area contributed by atoms with Crippen molar-refractivity contribution in [1.82, 2.24) is 0 Å². The van der Waals surface area contributed by atoms with Crippen molar-refractivity contribution in [1.29, 1.82) is 0 Å². The molecule has 0 aromatic heterocycles. The lowest BCUT2D eigenvalue weighted by Gasteiger charge is -2.32. The molecule has 0 aromatic rings. The molecule has 0 bridgehead atoms. The predicted octanol–water partition coefficient (Wildman–Crippen LogP) is 9.47. The van der Waals surface area contributed by atoms with E-state index < -0.39 is 8.80 Å². The van der Waals surface area contributed by atoms with Crippen LogP contribution in [0.2, 0.25) is 6.04 Å². The van der Waals surface area contributed by atoms with Gasteiger partial charge in [0.1, 0.15) is 0 Å². The van der Waals surface area contributed by atoms with Crippen molar-refractivity contribution < 1.29 is 13.3 Å². The first-order valence-electron chi connectivity index (χ1n) is 14.1. The van der Waals surface area contributed by atoms with Crippen LogP contribution in [0.25, 0.3) is 0 Å². The Labute approximate surface area is 197 Å². The Balaban J connectivity index is 4.03. The van der Waals surface area contributed by atoms with E-state index in [1.165, 1.54) is 109 Å². The molecule has 0 aliphatic heterocycles. The first kappa shape index (κ1) is 31.1. The lowest BCUT2D eigenvalue weighted by molar-refractivity contribution is 0.0342. The van der Waals surface area contributed by atoms with Gasteiger partial charge in [-0.05, 0) is 33.6 Å². The molecule has 1 unspecified atom stereocenters. The van der Waals surface area contributed by atoms with Crippen molar-refractivity contribution >= 4 is 8.80 Å². The summed E-state index contributed by atoms with van der Waals surface area (Å²) in [6.45, 7) is 12.3. The maximum atomic E-state index is 6.53. The highest BCUT2D eigenvalue weighted by Gasteiger charge is 2.41. The van der Waals surface area contributed by atoms with Crippen LogP contribution in [0.4, 0.5) is 0 Å². The molecule has 3 nitrogen and oxygen atoms in total. The summed E-state index contributed by atoms with van der Waals surface area (Å²) in [5.74, 6) is 0. The van der Waals surface area contributed by atoms with Gasteiger partial charge in [-0.3, -0.25) is 0 Å². The van der Waals surface area contributed by atoms with E-state index in [-0.39, 0.29) is 6.10 Å². The second-order valence-electron chi connectivity index (χ2n) is 9.32. The quantitative estimate of drug-likeness (QED) is 0.101. The summed E-state index contributed by atoms with van der Waals surface area (Å²) >= 11 is 0. The fraction of sp³-hybridized carbons (Fsp3) is 1.00. The highest BCUT2D eigenvalue weighted by atomic mass is 28.4. The van der Waals surface area contributed by atoms with Crippen LogP contribution in [0, 0.1) is 0 Å². The van der Waals surface area contributed by atoms with Crippen molar-refractivity contribution in [2.24, 2.45) is 0 Å². The van der Waals surface area contributed by atoms with Gasteiger partial charge < -0.3 is 13.3 Å². The Morgan fingerprint density at radius 3 is 1.32 bits per heavy atom. The van der Waals surface area contributed by atoms with Gasteiger partial charge in [0.05, 0.1) is 0 Å². The molecule has 31 heavy (non-hydrogen) atoms. The molecule has 0 aliphatic rings. The van der Waals surface area contributed by atoms with Gasteiger partial charge in [0.25, 0.3) is 0 Å². The lowest BCUT2D eigenvalue weighted by Crippen LogP contribution is -2.48. The fourth-order valence-corrected chi connectivity index (χ4v) is 7.26. The van der Waals surface area contributed by atoms with Crippen LogP contribution >= 0.6 is 0 Å². The molecule has 0 rings (SSSR count). The fourth-order valence-electron chi connectivity index (χ4n) is 4.34. The zero-order chi connectivity index (χ0) is 23.0. The molecule has 188 valence electrons. The summed E-state index contributed by atoms with van der Waals surface area (Å²) in [5.41, 5.74) is 0. The summed E-state index contributed by atoms with van der Waals surface area (Å²) in [4.78, 5) is 0. The third-order valence-electron chi connectivity index (χ3n) is 6.16. The molecule has 0 saturated carbocycles. The molecule has 0 fully saturated rings. The third kappa shape index (κ3) is 19.3. The summed E-state index contributed by atoms with van der Waals surface area (Å²) in [6, 6.07) is 0.976. The Kier molecular flexibility index (Phi) is 23.3. The topological polar surface area (TPSA) is 27.7 Å². The van der Waals surface area contributed by atoms with Gasteiger partial charge in [0.2, 0.25) is 0 Å². The van der Waals surface area contributed by atoms with Gasteiger partial charge in [-0.2, -0.15) is 0 Å². The van der Waals surface area contributed by atoms with Crippen molar-refractivity contribution in [3.8, 4) is 0 Å². The van der Waals surface area contributed by atoms with Crippen LogP contribution in [-0.4, -0.2) is 28.1 Å². The standard InChI is InChI=1S/C27H58O3Si/c1-6-10-12-14-16-17-18-19-20-21-23-25-27(5)30-31(28-8-3,29-9-4)26-24-22-15-13-11-7-2/h27H,6-26H2,1-5H3.